The Morgan fingerprint density at radius 1 is 1.29 bits per heavy atom. The molecule has 0 aliphatic rings. The minimum atomic E-state index is 0. The summed E-state index contributed by atoms with van der Waals surface area (Å²) >= 11 is 0. The van der Waals surface area contributed by atoms with Gasteiger partial charge >= 0.3 is 0 Å². The van der Waals surface area contributed by atoms with Crippen LogP contribution >= 0.6 is 24.0 Å². The lowest BCUT2D eigenvalue weighted by molar-refractivity contribution is 0.624. The van der Waals surface area contributed by atoms with Gasteiger partial charge in [0.25, 0.3) is 0 Å². The van der Waals surface area contributed by atoms with Gasteiger partial charge in [0.15, 0.2) is 5.96 Å². The molecule has 2 rings (SSSR count). The third-order valence-electron chi connectivity index (χ3n) is 3.84. The van der Waals surface area contributed by atoms with Crippen molar-refractivity contribution in [2.75, 3.05) is 13.1 Å². The maximum absolute atomic E-state index is 4.68. The van der Waals surface area contributed by atoms with Crippen LogP contribution in [0.4, 0.5) is 0 Å². The zero-order valence-electron chi connectivity index (χ0n) is 14.9. The van der Waals surface area contributed by atoms with Crippen LogP contribution in [0.2, 0.25) is 0 Å². The topological polar surface area (TPSA) is 72.1 Å². The first-order valence-electron chi connectivity index (χ1n) is 8.08. The van der Waals surface area contributed by atoms with Gasteiger partial charge < -0.3 is 15.2 Å². The molecule has 2 N–H and O–H groups in total. The minimum absolute atomic E-state index is 0. The van der Waals surface area contributed by atoms with Crippen LogP contribution in [0.15, 0.2) is 23.7 Å². The summed E-state index contributed by atoms with van der Waals surface area (Å²) in [5, 5.41) is 11.1. The van der Waals surface area contributed by atoms with Crippen LogP contribution in [0.5, 0.6) is 0 Å². The second-order valence-corrected chi connectivity index (χ2v) is 5.55. The van der Waals surface area contributed by atoms with Gasteiger partial charge in [0.1, 0.15) is 0 Å². The monoisotopic (exact) mass is 445 g/mol. The fourth-order valence-corrected chi connectivity index (χ4v) is 2.43. The number of nitrogens with zero attached hydrogens (tertiary/aromatic N) is 5. The van der Waals surface area contributed by atoms with Gasteiger partial charge in [0.2, 0.25) is 0 Å². The molecule has 0 aromatic carbocycles. The zero-order chi connectivity index (χ0) is 16.7. The highest BCUT2D eigenvalue weighted by molar-refractivity contribution is 14.0. The van der Waals surface area contributed by atoms with E-state index in [1.165, 1.54) is 11.3 Å². The Morgan fingerprint density at radius 2 is 2.08 bits per heavy atom. The Balaban J connectivity index is 0.00000288. The van der Waals surface area contributed by atoms with Crippen molar-refractivity contribution in [1.82, 2.24) is 30.0 Å². The number of halogens is 1. The number of hydrogen-bond donors (Lipinski definition) is 2. The molecule has 0 saturated carbocycles. The van der Waals surface area contributed by atoms with Crippen LogP contribution in [0.25, 0.3) is 0 Å². The van der Waals surface area contributed by atoms with Crippen LogP contribution in [0, 0.1) is 13.8 Å². The molecule has 24 heavy (non-hydrogen) atoms. The summed E-state index contributed by atoms with van der Waals surface area (Å²) in [5.74, 6) is 0.848. The second-order valence-electron chi connectivity index (χ2n) is 5.55. The van der Waals surface area contributed by atoms with Gasteiger partial charge in [0.05, 0.1) is 18.6 Å². The van der Waals surface area contributed by atoms with Crippen molar-refractivity contribution in [2.24, 2.45) is 12.0 Å². The molecular formula is C16H28IN7. The molecule has 0 aliphatic carbocycles. The van der Waals surface area contributed by atoms with Crippen LogP contribution in [0.3, 0.4) is 0 Å². The highest BCUT2D eigenvalue weighted by Gasteiger charge is 2.08. The number of nitrogens with one attached hydrogen (secondary N) is 2. The highest BCUT2D eigenvalue weighted by Crippen LogP contribution is 2.12. The Labute approximate surface area is 161 Å². The molecule has 0 spiro atoms. The van der Waals surface area contributed by atoms with Crippen molar-refractivity contribution in [3.8, 4) is 0 Å². The first-order chi connectivity index (χ1) is 11.1. The maximum Gasteiger partial charge on any atom is 0.191 e. The van der Waals surface area contributed by atoms with Crippen LogP contribution in [-0.2, 0) is 20.1 Å². The first-order valence-corrected chi connectivity index (χ1v) is 8.08. The molecule has 0 fully saturated rings. The average molecular weight is 445 g/mol. The average Bonchev–Trinajstić information content (AvgIpc) is 3.11. The first kappa shape index (κ1) is 20.5. The van der Waals surface area contributed by atoms with Gasteiger partial charge in [-0.15, -0.1) is 24.0 Å². The predicted molar refractivity (Wildman–Crippen MR) is 108 cm³/mol. The summed E-state index contributed by atoms with van der Waals surface area (Å²) in [7, 11) is 1.97. The van der Waals surface area contributed by atoms with Crippen molar-refractivity contribution >= 4 is 29.9 Å². The van der Waals surface area contributed by atoms with Crippen molar-refractivity contribution < 1.29 is 0 Å². The molecule has 0 saturated heterocycles. The molecule has 7 nitrogen and oxygen atoms in total. The normalized spacial score (nSPS) is 11.2. The van der Waals surface area contributed by atoms with E-state index in [4.69, 9.17) is 0 Å². The zero-order valence-corrected chi connectivity index (χ0v) is 17.2. The van der Waals surface area contributed by atoms with Gasteiger partial charge in [0, 0.05) is 50.3 Å². The number of imidazole rings is 1. The molecule has 0 aliphatic heterocycles. The van der Waals surface area contributed by atoms with Crippen LogP contribution < -0.4 is 10.6 Å². The number of hydrogen-bond acceptors (Lipinski definition) is 3. The summed E-state index contributed by atoms with van der Waals surface area (Å²) in [6, 6.07) is 0. The van der Waals surface area contributed by atoms with Gasteiger partial charge in [-0.3, -0.25) is 4.68 Å². The fraction of sp³-hybridized carbons (Fsp3) is 0.562. The Kier molecular flexibility index (Phi) is 8.80. The highest BCUT2D eigenvalue weighted by atomic mass is 127. The largest absolute Gasteiger partial charge is 0.357 e. The standard InChI is InChI=1S/C16H27N7.HI/c1-5-18-16(19-7-6-9-23-10-8-17-12-23)20-11-15-13(2)21-22(4)14(15)3;/h8,10,12H,5-7,9,11H2,1-4H3,(H2,18,19,20);1H. The van der Waals surface area contributed by atoms with E-state index in [2.05, 4.69) is 44.1 Å². The molecule has 8 heteroatoms. The molecule has 0 radical (unpaired) electrons. The van der Waals surface area contributed by atoms with E-state index in [9.17, 15) is 0 Å². The number of aromatic nitrogens is 4. The van der Waals surface area contributed by atoms with E-state index in [1.54, 1.807) is 6.20 Å². The lowest BCUT2D eigenvalue weighted by Crippen LogP contribution is -2.38. The molecule has 2 aromatic heterocycles. The summed E-state index contributed by atoms with van der Waals surface area (Å²) in [4.78, 5) is 8.72. The number of aliphatic imine (C=N–C) groups is 1. The van der Waals surface area contributed by atoms with E-state index >= 15 is 0 Å². The number of aryl methyl sites for hydroxylation is 3. The molecule has 2 aromatic rings. The van der Waals surface area contributed by atoms with E-state index in [0.717, 1.165) is 37.7 Å². The van der Waals surface area contributed by atoms with E-state index in [-0.39, 0.29) is 24.0 Å². The predicted octanol–water partition coefficient (Wildman–Crippen LogP) is 2.00. The van der Waals surface area contributed by atoms with Gasteiger partial charge in [-0.2, -0.15) is 5.10 Å². The van der Waals surface area contributed by atoms with Crippen LogP contribution in [0.1, 0.15) is 30.3 Å². The van der Waals surface area contributed by atoms with Crippen molar-refractivity contribution in [1.29, 1.82) is 0 Å². The summed E-state index contributed by atoms with van der Waals surface area (Å²) in [5.41, 5.74) is 3.41. The molecule has 134 valence electrons. The quantitative estimate of drug-likeness (QED) is 0.296. The van der Waals surface area contributed by atoms with E-state index < -0.39 is 0 Å². The van der Waals surface area contributed by atoms with Crippen LogP contribution in [-0.4, -0.2) is 38.4 Å². The summed E-state index contributed by atoms with van der Waals surface area (Å²) < 4.78 is 3.99. The maximum atomic E-state index is 4.68. The molecule has 0 bridgehead atoms. The van der Waals surface area contributed by atoms with Gasteiger partial charge in [-0.05, 0) is 27.2 Å². The lowest BCUT2D eigenvalue weighted by atomic mass is 10.2. The Bertz CT molecular complexity index is 631. The van der Waals surface area contributed by atoms with Gasteiger partial charge in [-0.25, -0.2) is 9.98 Å². The summed E-state index contributed by atoms with van der Waals surface area (Å²) in [6.07, 6.45) is 6.64. The molecular weight excluding hydrogens is 417 g/mol. The third kappa shape index (κ3) is 5.81. The lowest BCUT2D eigenvalue weighted by Gasteiger charge is -2.11. The smallest absolute Gasteiger partial charge is 0.191 e. The van der Waals surface area contributed by atoms with Crippen molar-refractivity contribution in [3.05, 3.63) is 35.7 Å². The molecule has 2 heterocycles. The molecule has 0 amide bonds. The Morgan fingerprint density at radius 3 is 2.67 bits per heavy atom. The minimum Gasteiger partial charge on any atom is -0.357 e. The van der Waals surface area contributed by atoms with E-state index in [0.29, 0.717) is 6.54 Å². The number of guanidine groups is 1. The Hall–Kier alpha value is -1.58. The third-order valence-corrected chi connectivity index (χ3v) is 3.84. The fourth-order valence-electron chi connectivity index (χ4n) is 2.43. The second kappa shape index (κ2) is 10.3. The van der Waals surface area contributed by atoms with Crippen molar-refractivity contribution in [3.63, 3.8) is 0 Å². The number of rotatable bonds is 7. The van der Waals surface area contributed by atoms with Crippen molar-refractivity contribution in [2.45, 2.75) is 40.3 Å². The molecule has 0 atom stereocenters. The SMILES string of the molecule is CCNC(=NCc1c(C)nn(C)c1C)NCCCn1ccnc1.I. The summed E-state index contributed by atoms with van der Waals surface area (Å²) in [6.45, 7) is 9.49. The van der Waals surface area contributed by atoms with Gasteiger partial charge in [-0.1, -0.05) is 0 Å². The molecule has 0 unspecified atom stereocenters. The van der Waals surface area contributed by atoms with E-state index in [1.807, 2.05) is 31.2 Å².